The number of halogens is 3. The molecule has 0 unspecified atom stereocenters. The minimum absolute atomic E-state index is 0.0292. The van der Waals surface area contributed by atoms with Gasteiger partial charge in [0.1, 0.15) is 11.8 Å². The highest BCUT2D eigenvalue weighted by molar-refractivity contribution is 6.30. The highest BCUT2D eigenvalue weighted by Crippen LogP contribution is 2.24. The number of nitrogens with zero attached hydrogens (tertiary/aromatic N) is 1. The van der Waals surface area contributed by atoms with Crippen LogP contribution < -0.4 is 4.74 Å². The molecule has 0 aliphatic heterocycles. The van der Waals surface area contributed by atoms with E-state index in [0.29, 0.717) is 10.8 Å². The average Bonchev–Trinajstić information content (AvgIpc) is 2.31. The van der Waals surface area contributed by atoms with E-state index in [1.807, 2.05) is 0 Å². The number of rotatable bonds is 3. The Balaban J connectivity index is 2.10. The van der Waals surface area contributed by atoms with E-state index in [1.165, 1.54) is 12.1 Å². The van der Waals surface area contributed by atoms with Gasteiger partial charge in [0, 0.05) is 0 Å². The summed E-state index contributed by atoms with van der Waals surface area (Å²) in [4.78, 5) is 4.03. The normalized spacial score (nSPS) is 10.3. The molecular formula is C12H8Cl2FNO. The van der Waals surface area contributed by atoms with Crippen molar-refractivity contribution in [2.45, 2.75) is 6.61 Å². The highest BCUT2D eigenvalue weighted by Gasteiger charge is 2.07. The van der Waals surface area contributed by atoms with Crippen LogP contribution in [0.3, 0.4) is 0 Å². The molecule has 0 aliphatic rings. The van der Waals surface area contributed by atoms with Gasteiger partial charge in [-0.15, -0.1) is 0 Å². The zero-order valence-electron chi connectivity index (χ0n) is 8.66. The van der Waals surface area contributed by atoms with Gasteiger partial charge in [0.2, 0.25) is 0 Å². The topological polar surface area (TPSA) is 22.1 Å². The van der Waals surface area contributed by atoms with E-state index in [4.69, 9.17) is 27.9 Å². The van der Waals surface area contributed by atoms with Gasteiger partial charge in [0.05, 0.1) is 10.7 Å². The molecule has 0 bridgehead atoms. The van der Waals surface area contributed by atoms with Gasteiger partial charge in [0.25, 0.3) is 0 Å². The molecule has 1 heterocycles. The van der Waals surface area contributed by atoms with E-state index in [0.717, 1.165) is 0 Å². The fourth-order valence-corrected chi connectivity index (χ4v) is 1.63. The van der Waals surface area contributed by atoms with Crippen LogP contribution in [0.2, 0.25) is 10.2 Å². The minimum Gasteiger partial charge on any atom is -0.484 e. The molecule has 0 amide bonds. The van der Waals surface area contributed by atoms with Crippen LogP contribution in [0.4, 0.5) is 4.39 Å². The molecule has 1 aromatic heterocycles. The number of hydrogen-bond donors (Lipinski definition) is 0. The summed E-state index contributed by atoms with van der Waals surface area (Å²) >= 11 is 11.4. The molecule has 2 nitrogen and oxygen atoms in total. The first-order valence-corrected chi connectivity index (χ1v) is 5.60. The van der Waals surface area contributed by atoms with Gasteiger partial charge >= 0.3 is 0 Å². The molecule has 1 aromatic carbocycles. The molecule has 0 radical (unpaired) electrons. The second-order valence-corrected chi connectivity index (χ2v) is 4.09. The van der Waals surface area contributed by atoms with Crippen LogP contribution in [0, 0.1) is 5.82 Å². The van der Waals surface area contributed by atoms with Crippen molar-refractivity contribution in [1.82, 2.24) is 4.98 Å². The maximum absolute atomic E-state index is 13.5. The summed E-state index contributed by atoms with van der Waals surface area (Å²) in [5, 5.41) is 0.402. The van der Waals surface area contributed by atoms with Gasteiger partial charge in [-0.25, -0.2) is 9.37 Å². The predicted octanol–water partition coefficient (Wildman–Crippen LogP) is 4.11. The van der Waals surface area contributed by atoms with Crippen LogP contribution in [-0.4, -0.2) is 4.98 Å². The van der Waals surface area contributed by atoms with Crippen molar-refractivity contribution in [3.8, 4) is 5.75 Å². The fraction of sp³-hybridized carbons (Fsp3) is 0.0833. The Kier molecular flexibility index (Phi) is 3.82. The average molecular weight is 272 g/mol. The first-order valence-electron chi connectivity index (χ1n) is 4.85. The number of hydrogen-bond acceptors (Lipinski definition) is 2. The predicted molar refractivity (Wildman–Crippen MR) is 65.0 cm³/mol. The van der Waals surface area contributed by atoms with Crippen LogP contribution in [0.15, 0.2) is 36.4 Å². The van der Waals surface area contributed by atoms with Crippen LogP contribution in [0.25, 0.3) is 0 Å². The fourth-order valence-electron chi connectivity index (χ4n) is 1.28. The molecule has 0 atom stereocenters. The highest BCUT2D eigenvalue weighted by atomic mass is 35.5. The van der Waals surface area contributed by atoms with E-state index in [9.17, 15) is 4.39 Å². The minimum atomic E-state index is -0.573. The third-order valence-electron chi connectivity index (χ3n) is 2.06. The first kappa shape index (κ1) is 12.1. The van der Waals surface area contributed by atoms with Crippen molar-refractivity contribution in [1.29, 1.82) is 0 Å². The van der Waals surface area contributed by atoms with Gasteiger partial charge in [-0.1, -0.05) is 35.3 Å². The lowest BCUT2D eigenvalue weighted by atomic mass is 10.3. The Labute approximate surface area is 108 Å². The summed E-state index contributed by atoms with van der Waals surface area (Å²) in [6.45, 7) is 0.137. The van der Waals surface area contributed by atoms with Gasteiger partial charge in [-0.2, -0.15) is 0 Å². The molecule has 0 aliphatic carbocycles. The van der Waals surface area contributed by atoms with E-state index in [2.05, 4.69) is 4.98 Å². The van der Waals surface area contributed by atoms with Crippen molar-refractivity contribution in [3.05, 3.63) is 58.1 Å². The Morgan fingerprint density at radius 2 is 1.88 bits per heavy atom. The zero-order chi connectivity index (χ0) is 12.3. The van der Waals surface area contributed by atoms with Crippen LogP contribution in [0.1, 0.15) is 5.69 Å². The van der Waals surface area contributed by atoms with E-state index >= 15 is 0 Å². The lowest BCUT2D eigenvalue weighted by molar-refractivity contribution is 0.286. The lowest BCUT2D eigenvalue weighted by Gasteiger charge is -2.07. The molecular weight excluding hydrogens is 264 g/mol. The summed E-state index contributed by atoms with van der Waals surface area (Å²) in [5.74, 6) is -0.476. The summed E-state index contributed by atoms with van der Waals surface area (Å²) in [6, 6.07) is 9.74. The molecule has 0 saturated heterocycles. The molecule has 5 heteroatoms. The maximum Gasteiger partial charge on any atom is 0.183 e. The van der Waals surface area contributed by atoms with Crippen LogP contribution in [0.5, 0.6) is 5.75 Å². The van der Waals surface area contributed by atoms with E-state index in [1.54, 1.807) is 24.3 Å². The third kappa shape index (κ3) is 3.08. The number of aromatic nitrogens is 1. The van der Waals surface area contributed by atoms with Crippen molar-refractivity contribution in [2.24, 2.45) is 0 Å². The maximum atomic E-state index is 13.5. The Morgan fingerprint density at radius 3 is 2.65 bits per heavy atom. The smallest absolute Gasteiger partial charge is 0.183 e. The number of ether oxygens (including phenoxy) is 1. The molecule has 0 fully saturated rings. The van der Waals surface area contributed by atoms with Gasteiger partial charge in [-0.05, 0) is 24.3 Å². The summed E-state index contributed by atoms with van der Waals surface area (Å²) in [6.07, 6.45) is 0. The molecule has 0 saturated carbocycles. The Morgan fingerprint density at radius 1 is 1.12 bits per heavy atom. The standard InChI is InChI=1S/C12H8Cl2FNO/c13-9-4-2-5-10(12(9)15)17-7-8-3-1-6-11(14)16-8/h1-6H,7H2. The monoisotopic (exact) mass is 271 g/mol. The lowest BCUT2D eigenvalue weighted by Crippen LogP contribution is -1.99. The summed E-state index contributed by atoms with van der Waals surface area (Å²) < 4.78 is 18.8. The third-order valence-corrected chi connectivity index (χ3v) is 2.57. The second-order valence-electron chi connectivity index (χ2n) is 3.29. The van der Waals surface area contributed by atoms with Crippen LogP contribution >= 0.6 is 23.2 Å². The Hall–Kier alpha value is -1.32. The molecule has 0 spiro atoms. The molecule has 2 aromatic rings. The summed E-state index contributed by atoms with van der Waals surface area (Å²) in [7, 11) is 0. The van der Waals surface area contributed by atoms with Gasteiger partial charge in [-0.3, -0.25) is 0 Å². The van der Waals surface area contributed by atoms with Crippen molar-refractivity contribution >= 4 is 23.2 Å². The van der Waals surface area contributed by atoms with E-state index < -0.39 is 5.82 Å². The zero-order valence-corrected chi connectivity index (χ0v) is 10.2. The van der Waals surface area contributed by atoms with E-state index in [-0.39, 0.29) is 17.4 Å². The van der Waals surface area contributed by atoms with Crippen LogP contribution in [-0.2, 0) is 6.61 Å². The second kappa shape index (κ2) is 5.34. The quantitative estimate of drug-likeness (QED) is 0.784. The molecule has 17 heavy (non-hydrogen) atoms. The molecule has 88 valence electrons. The van der Waals surface area contributed by atoms with Crippen molar-refractivity contribution < 1.29 is 9.13 Å². The SMILES string of the molecule is Fc1c(Cl)cccc1OCc1cccc(Cl)n1. The molecule has 0 N–H and O–H groups in total. The van der Waals surface area contributed by atoms with Crippen molar-refractivity contribution in [2.75, 3.05) is 0 Å². The first-order chi connectivity index (χ1) is 8.16. The largest absolute Gasteiger partial charge is 0.484 e. The van der Waals surface area contributed by atoms with Crippen molar-refractivity contribution in [3.63, 3.8) is 0 Å². The molecule has 2 rings (SSSR count). The number of pyridine rings is 1. The number of benzene rings is 1. The van der Waals surface area contributed by atoms with Gasteiger partial charge in [0.15, 0.2) is 11.6 Å². The van der Waals surface area contributed by atoms with Gasteiger partial charge < -0.3 is 4.74 Å². The Bertz CT molecular complexity index is 534. The summed E-state index contributed by atoms with van der Waals surface area (Å²) in [5.41, 5.74) is 0.622.